The number of alkyl carbamates (subject to hydrolysis) is 1. The van der Waals surface area contributed by atoms with Gasteiger partial charge in [-0.15, -0.1) is 0 Å². The maximum absolute atomic E-state index is 12.1. The Balaban J connectivity index is 2.52. The summed E-state index contributed by atoms with van der Waals surface area (Å²) < 4.78 is 6.81. The summed E-state index contributed by atoms with van der Waals surface area (Å²) in [5.74, 6) is 0.837. The zero-order valence-corrected chi connectivity index (χ0v) is 15.3. The molecular formula is C16H29N5O3. The highest BCUT2D eigenvalue weighted by Crippen LogP contribution is 2.08. The number of nitrogens with zero attached hydrogens (tertiary/aromatic N) is 2. The first-order chi connectivity index (χ1) is 11.0. The number of hydrogen-bond donors (Lipinski definition) is 3. The van der Waals surface area contributed by atoms with Crippen molar-refractivity contribution in [3.8, 4) is 0 Å². The smallest absolute Gasteiger partial charge is 0.407 e. The first-order valence-corrected chi connectivity index (χ1v) is 8.09. The summed E-state index contributed by atoms with van der Waals surface area (Å²) in [6.07, 6.45) is 1.97. The van der Waals surface area contributed by atoms with Crippen molar-refractivity contribution < 1.29 is 14.3 Å². The van der Waals surface area contributed by atoms with Crippen LogP contribution in [0.15, 0.2) is 12.3 Å². The van der Waals surface area contributed by atoms with E-state index in [1.807, 2.05) is 0 Å². The third-order valence-corrected chi connectivity index (χ3v) is 2.94. The molecule has 1 rings (SSSR count). The first kappa shape index (κ1) is 19.8. The average molecular weight is 339 g/mol. The third-order valence-electron chi connectivity index (χ3n) is 2.94. The number of aromatic nitrogens is 2. The van der Waals surface area contributed by atoms with Crippen LogP contribution >= 0.6 is 0 Å². The summed E-state index contributed by atoms with van der Waals surface area (Å²) in [6, 6.07) is 1.14. The molecule has 0 aliphatic carbocycles. The highest BCUT2D eigenvalue weighted by molar-refractivity contribution is 5.88. The van der Waals surface area contributed by atoms with Crippen LogP contribution in [0, 0.1) is 5.92 Å². The molecule has 1 aromatic heterocycles. The highest BCUT2D eigenvalue weighted by atomic mass is 16.6. The highest BCUT2D eigenvalue weighted by Gasteiger charge is 2.19. The molecule has 0 fully saturated rings. The van der Waals surface area contributed by atoms with Crippen molar-refractivity contribution in [2.24, 2.45) is 13.0 Å². The van der Waals surface area contributed by atoms with Crippen molar-refractivity contribution in [2.75, 3.05) is 11.9 Å². The molecule has 3 amide bonds. The van der Waals surface area contributed by atoms with E-state index in [0.717, 1.165) is 6.42 Å². The fourth-order valence-corrected chi connectivity index (χ4v) is 2.10. The molecule has 3 N–H and O–H groups in total. The Labute approximate surface area is 143 Å². The summed E-state index contributed by atoms with van der Waals surface area (Å²) in [5.41, 5.74) is -0.554. The molecule has 0 aromatic carbocycles. The Morgan fingerprint density at radius 1 is 1.33 bits per heavy atom. The third kappa shape index (κ3) is 8.40. The van der Waals surface area contributed by atoms with Gasteiger partial charge < -0.3 is 15.4 Å². The minimum Gasteiger partial charge on any atom is -0.444 e. The first-order valence-electron chi connectivity index (χ1n) is 8.09. The van der Waals surface area contributed by atoms with Crippen molar-refractivity contribution >= 4 is 17.9 Å². The van der Waals surface area contributed by atoms with E-state index in [2.05, 4.69) is 34.9 Å². The van der Waals surface area contributed by atoms with Crippen molar-refractivity contribution in [1.29, 1.82) is 0 Å². The molecule has 136 valence electrons. The molecule has 1 atom stereocenters. The number of carbonyl (C=O) groups excluding carboxylic acids is 2. The number of anilines is 1. The van der Waals surface area contributed by atoms with E-state index in [4.69, 9.17) is 4.74 Å². The Bertz CT molecular complexity index is 548. The lowest BCUT2D eigenvalue weighted by atomic mass is 10.0. The summed E-state index contributed by atoms with van der Waals surface area (Å²) >= 11 is 0. The van der Waals surface area contributed by atoms with Crippen LogP contribution in [0.1, 0.15) is 41.0 Å². The van der Waals surface area contributed by atoms with Crippen molar-refractivity contribution in [2.45, 2.75) is 52.7 Å². The van der Waals surface area contributed by atoms with Crippen molar-refractivity contribution in [3.05, 3.63) is 12.3 Å². The van der Waals surface area contributed by atoms with Crippen LogP contribution in [0.2, 0.25) is 0 Å². The van der Waals surface area contributed by atoms with Gasteiger partial charge in [0.05, 0.1) is 0 Å². The molecule has 0 aliphatic rings. The van der Waals surface area contributed by atoms with Crippen LogP contribution in [0.3, 0.4) is 0 Å². The Morgan fingerprint density at radius 3 is 2.50 bits per heavy atom. The molecule has 24 heavy (non-hydrogen) atoms. The molecule has 1 aromatic rings. The molecular weight excluding hydrogens is 310 g/mol. The van der Waals surface area contributed by atoms with E-state index in [-0.39, 0.29) is 12.1 Å². The summed E-state index contributed by atoms with van der Waals surface area (Å²) in [7, 11) is 1.77. The van der Waals surface area contributed by atoms with Gasteiger partial charge in [0.15, 0.2) is 5.82 Å². The monoisotopic (exact) mass is 339 g/mol. The molecule has 8 nitrogen and oxygen atoms in total. The van der Waals surface area contributed by atoms with Crippen LogP contribution < -0.4 is 16.0 Å². The second-order valence-electron chi connectivity index (χ2n) is 7.18. The molecule has 0 aliphatic heterocycles. The summed E-state index contributed by atoms with van der Waals surface area (Å²) in [5, 5.41) is 12.3. The number of aryl methyl sites for hydroxylation is 1. The number of ether oxygens (including phenoxy) is 1. The van der Waals surface area contributed by atoms with Gasteiger partial charge in [0, 0.05) is 31.9 Å². The van der Waals surface area contributed by atoms with Gasteiger partial charge in [-0.25, -0.2) is 9.59 Å². The standard InChI is InChI=1S/C16H29N5O3/c1-11(2)9-12(10-17-15(23)24-16(3,4)5)18-14(22)19-13-7-8-21(6)20-13/h7-8,11-12H,9-10H2,1-6H3,(H,17,23)(H2,18,19,20,22)/t12-/m0/s1. The van der Waals surface area contributed by atoms with Crippen LogP contribution in [0.4, 0.5) is 15.4 Å². The number of nitrogens with one attached hydrogen (secondary N) is 3. The van der Waals surface area contributed by atoms with Gasteiger partial charge in [-0.05, 0) is 33.1 Å². The molecule has 0 bridgehead atoms. The van der Waals surface area contributed by atoms with E-state index in [0.29, 0.717) is 18.3 Å². The number of amides is 3. The molecule has 0 saturated heterocycles. The fraction of sp³-hybridized carbons (Fsp3) is 0.688. The molecule has 0 saturated carbocycles. The lowest BCUT2D eigenvalue weighted by molar-refractivity contribution is 0.0521. The topological polar surface area (TPSA) is 97.3 Å². The molecule has 8 heteroatoms. The van der Waals surface area contributed by atoms with Gasteiger partial charge in [0.2, 0.25) is 0 Å². The van der Waals surface area contributed by atoms with Gasteiger partial charge in [-0.1, -0.05) is 13.8 Å². The van der Waals surface area contributed by atoms with E-state index in [1.54, 1.807) is 44.8 Å². The van der Waals surface area contributed by atoms with E-state index >= 15 is 0 Å². The van der Waals surface area contributed by atoms with Gasteiger partial charge in [-0.3, -0.25) is 10.00 Å². The van der Waals surface area contributed by atoms with Crippen LogP contribution in [0.5, 0.6) is 0 Å². The summed E-state index contributed by atoms with van der Waals surface area (Å²) in [6.45, 7) is 9.81. The number of hydrogen-bond acceptors (Lipinski definition) is 4. The minimum absolute atomic E-state index is 0.207. The van der Waals surface area contributed by atoms with Gasteiger partial charge in [-0.2, -0.15) is 5.10 Å². The molecule has 0 radical (unpaired) electrons. The van der Waals surface area contributed by atoms with Gasteiger partial charge in [0.1, 0.15) is 5.60 Å². The maximum Gasteiger partial charge on any atom is 0.407 e. The maximum atomic E-state index is 12.1. The Hall–Kier alpha value is -2.25. The predicted octanol–water partition coefficient (Wildman–Crippen LogP) is 2.48. The zero-order chi connectivity index (χ0) is 18.3. The molecule has 1 heterocycles. The van der Waals surface area contributed by atoms with Gasteiger partial charge >= 0.3 is 12.1 Å². The van der Waals surface area contributed by atoms with Gasteiger partial charge in [0.25, 0.3) is 0 Å². The number of carbonyl (C=O) groups is 2. The van der Waals surface area contributed by atoms with E-state index < -0.39 is 11.7 Å². The van der Waals surface area contributed by atoms with E-state index in [9.17, 15) is 9.59 Å². The SMILES string of the molecule is CC(C)C[C@@H](CNC(=O)OC(C)(C)C)NC(=O)Nc1ccn(C)n1. The number of urea groups is 1. The quantitative estimate of drug-likeness (QED) is 0.741. The van der Waals surface area contributed by atoms with Crippen LogP contribution in [-0.4, -0.2) is 40.1 Å². The van der Waals surface area contributed by atoms with Crippen LogP contribution in [-0.2, 0) is 11.8 Å². The van der Waals surface area contributed by atoms with Crippen LogP contribution in [0.25, 0.3) is 0 Å². The summed E-state index contributed by atoms with van der Waals surface area (Å²) in [4.78, 5) is 23.8. The normalized spacial score (nSPS) is 12.6. The zero-order valence-electron chi connectivity index (χ0n) is 15.3. The Morgan fingerprint density at radius 2 is 2.00 bits per heavy atom. The predicted molar refractivity (Wildman–Crippen MR) is 92.8 cm³/mol. The molecule has 0 spiro atoms. The molecule has 0 unspecified atom stereocenters. The lowest BCUT2D eigenvalue weighted by Gasteiger charge is -2.23. The fourth-order valence-electron chi connectivity index (χ4n) is 2.10. The van der Waals surface area contributed by atoms with E-state index in [1.165, 1.54) is 0 Å². The second kappa shape index (κ2) is 8.56. The lowest BCUT2D eigenvalue weighted by Crippen LogP contribution is -2.46. The Kier molecular flexibility index (Phi) is 7.06. The second-order valence-corrected chi connectivity index (χ2v) is 7.18. The number of rotatable bonds is 6. The largest absolute Gasteiger partial charge is 0.444 e. The average Bonchev–Trinajstić information content (AvgIpc) is 2.78. The minimum atomic E-state index is -0.554. The van der Waals surface area contributed by atoms with Crippen molar-refractivity contribution in [1.82, 2.24) is 20.4 Å². The van der Waals surface area contributed by atoms with Crippen molar-refractivity contribution in [3.63, 3.8) is 0 Å².